The standard InChI is InChI=1S/C14H28N2O.ClH/c1-14(2,3)12-7-10-16(11-8-12)13(17)6-5-9-15-4;/h12,15H,5-11H2,1-4H3;1H. The van der Waals surface area contributed by atoms with Crippen LogP contribution >= 0.6 is 12.4 Å². The number of piperidine rings is 1. The summed E-state index contributed by atoms with van der Waals surface area (Å²) >= 11 is 0. The molecule has 1 aliphatic rings. The Bertz CT molecular complexity index is 243. The average molecular weight is 277 g/mol. The summed E-state index contributed by atoms with van der Waals surface area (Å²) in [5.41, 5.74) is 0.390. The van der Waals surface area contributed by atoms with Gasteiger partial charge in [0.15, 0.2) is 0 Å². The van der Waals surface area contributed by atoms with E-state index in [4.69, 9.17) is 0 Å². The van der Waals surface area contributed by atoms with Gasteiger partial charge >= 0.3 is 0 Å². The van der Waals surface area contributed by atoms with Crippen molar-refractivity contribution in [1.29, 1.82) is 0 Å². The molecule has 18 heavy (non-hydrogen) atoms. The van der Waals surface area contributed by atoms with Crippen LogP contribution in [0.3, 0.4) is 0 Å². The normalized spacial score (nSPS) is 17.4. The second-order valence-corrected chi connectivity index (χ2v) is 6.23. The number of likely N-dealkylation sites (tertiary alicyclic amines) is 1. The van der Waals surface area contributed by atoms with Gasteiger partial charge in [-0.1, -0.05) is 20.8 Å². The molecule has 108 valence electrons. The van der Waals surface area contributed by atoms with E-state index in [2.05, 4.69) is 31.0 Å². The molecule has 0 spiro atoms. The highest BCUT2D eigenvalue weighted by Gasteiger charge is 2.29. The highest BCUT2D eigenvalue weighted by molar-refractivity contribution is 5.85. The molecule has 1 aliphatic heterocycles. The number of carbonyl (C=O) groups is 1. The molecule has 1 saturated heterocycles. The Hall–Kier alpha value is -0.280. The first-order chi connectivity index (χ1) is 7.95. The van der Waals surface area contributed by atoms with E-state index in [0.29, 0.717) is 17.7 Å². The van der Waals surface area contributed by atoms with Crippen LogP contribution in [0.25, 0.3) is 0 Å². The number of nitrogens with zero attached hydrogens (tertiary/aromatic N) is 1. The Morgan fingerprint density at radius 2 is 1.83 bits per heavy atom. The van der Waals surface area contributed by atoms with E-state index in [9.17, 15) is 4.79 Å². The van der Waals surface area contributed by atoms with Gasteiger partial charge in [-0.3, -0.25) is 4.79 Å². The predicted molar refractivity (Wildman–Crippen MR) is 79.2 cm³/mol. The van der Waals surface area contributed by atoms with Crippen LogP contribution in [0.2, 0.25) is 0 Å². The van der Waals surface area contributed by atoms with E-state index in [-0.39, 0.29) is 12.4 Å². The lowest BCUT2D eigenvalue weighted by atomic mass is 9.75. The number of carbonyl (C=O) groups excluding carboxylic acids is 1. The van der Waals surface area contributed by atoms with Crippen molar-refractivity contribution in [2.75, 3.05) is 26.7 Å². The molecule has 4 heteroatoms. The topological polar surface area (TPSA) is 32.3 Å². The van der Waals surface area contributed by atoms with Crippen molar-refractivity contribution < 1.29 is 4.79 Å². The van der Waals surface area contributed by atoms with Crippen LogP contribution in [0, 0.1) is 11.3 Å². The van der Waals surface area contributed by atoms with E-state index in [0.717, 1.165) is 32.0 Å². The monoisotopic (exact) mass is 276 g/mol. The van der Waals surface area contributed by atoms with Crippen LogP contribution in [0.4, 0.5) is 0 Å². The highest BCUT2D eigenvalue weighted by Crippen LogP contribution is 2.34. The fraction of sp³-hybridized carbons (Fsp3) is 0.929. The van der Waals surface area contributed by atoms with E-state index in [1.807, 2.05) is 7.05 Å². The number of nitrogens with one attached hydrogen (secondary N) is 1. The zero-order chi connectivity index (χ0) is 12.9. The van der Waals surface area contributed by atoms with Gasteiger partial charge in [0.1, 0.15) is 0 Å². The van der Waals surface area contributed by atoms with E-state index in [1.165, 1.54) is 12.8 Å². The van der Waals surface area contributed by atoms with Crippen LogP contribution in [-0.4, -0.2) is 37.5 Å². The summed E-state index contributed by atoms with van der Waals surface area (Å²) in [4.78, 5) is 14.0. The number of halogens is 1. The fourth-order valence-electron chi connectivity index (χ4n) is 2.57. The quantitative estimate of drug-likeness (QED) is 0.801. The van der Waals surface area contributed by atoms with Gasteiger partial charge in [0.25, 0.3) is 0 Å². The second-order valence-electron chi connectivity index (χ2n) is 6.23. The van der Waals surface area contributed by atoms with E-state index >= 15 is 0 Å². The van der Waals surface area contributed by atoms with Crippen LogP contribution in [0.5, 0.6) is 0 Å². The zero-order valence-corrected chi connectivity index (χ0v) is 13.1. The minimum absolute atomic E-state index is 0. The third-order valence-corrected chi connectivity index (χ3v) is 3.89. The van der Waals surface area contributed by atoms with Gasteiger partial charge in [0, 0.05) is 19.5 Å². The van der Waals surface area contributed by atoms with Gasteiger partial charge in [-0.15, -0.1) is 12.4 Å². The van der Waals surface area contributed by atoms with Crippen molar-refractivity contribution in [2.45, 2.75) is 46.5 Å². The van der Waals surface area contributed by atoms with Crippen LogP contribution in [0.15, 0.2) is 0 Å². The van der Waals surface area contributed by atoms with Crippen molar-refractivity contribution in [3.05, 3.63) is 0 Å². The molecule has 0 aromatic heterocycles. The zero-order valence-electron chi connectivity index (χ0n) is 12.3. The van der Waals surface area contributed by atoms with E-state index < -0.39 is 0 Å². The summed E-state index contributed by atoms with van der Waals surface area (Å²) in [5.74, 6) is 1.11. The minimum atomic E-state index is 0. The molecule has 1 amide bonds. The Balaban J connectivity index is 0.00000289. The molecule has 0 unspecified atom stereocenters. The molecule has 1 rings (SSSR count). The van der Waals surface area contributed by atoms with Gasteiger partial charge in [0.2, 0.25) is 5.91 Å². The molecule has 0 saturated carbocycles. The Morgan fingerprint density at radius 1 is 1.28 bits per heavy atom. The molecule has 0 radical (unpaired) electrons. The molecule has 0 aromatic rings. The van der Waals surface area contributed by atoms with Gasteiger partial charge in [-0.25, -0.2) is 0 Å². The van der Waals surface area contributed by atoms with Crippen LogP contribution in [-0.2, 0) is 4.79 Å². The fourth-order valence-corrected chi connectivity index (χ4v) is 2.57. The van der Waals surface area contributed by atoms with Gasteiger partial charge in [0.05, 0.1) is 0 Å². The van der Waals surface area contributed by atoms with Gasteiger partial charge in [-0.05, 0) is 44.2 Å². The summed E-state index contributed by atoms with van der Waals surface area (Å²) in [6, 6.07) is 0. The van der Waals surface area contributed by atoms with Crippen molar-refractivity contribution in [1.82, 2.24) is 10.2 Å². The van der Waals surface area contributed by atoms with Gasteiger partial charge in [-0.2, -0.15) is 0 Å². The first-order valence-electron chi connectivity index (χ1n) is 6.87. The molecule has 3 nitrogen and oxygen atoms in total. The maximum atomic E-state index is 11.9. The second kappa shape index (κ2) is 8.00. The molecule has 1 N–H and O–H groups in total. The molecular formula is C14H29ClN2O. The maximum Gasteiger partial charge on any atom is 0.222 e. The Kier molecular flexibility index (Phi) is 7.88. The van der Waals surface area contributed by atoms with E-state index in [1.54, 1.807) is 0 Å². The molecule has 0 bridgehead atoms. The van der Waals surface area contributed by atoms with Crippen molar-refractivity contribution in [3.63, 3.8) is 0 Å². The summed E-state index contributed by atoms with van der Waals surface area (Å²) in [6.07, 6.45) is 3.98. The third kappa shape index (κ3) is 5.57. The van der Waals surface area contributed by atoms with Crippen molar-refractivity contribution in [3.8, 4) is 0 Å². The average Bonchev–Trinajstić information content (AvgIpc) is 2.28. The number of rotatable bonds is 4. The molecule has 1 heterocycles. The lowest BCUT2D eigenvalue weighted by Gasteiger charge is -2.38. The van der Waals surface area contributed by atoms with Crippen molar-refractivity contribution >= 4 is 18.3 Å². The number of hydrogen-bond acceptors (Lipinski definition) is 2. The molecule has 0 atom stereocenters. The third-order valence-electron chi connectivity index (χ3n) is 3.89. The number of hydrogen-bond donors (Lipinski definition) is 1. The summed E-state index contributed by atoms with van der Waals surface area (Å²) in [6.45, 7) is 9.77. The largest absolute Gasteiger partial charge is 0.343 e. The smallest absolute Gasteiger partial charge is 0.222 e. The van der Waals surface area contributed by atoms with Crippen molar-refractivity contribution in [2.24, 2.45) is 11.3 Å². The highest BCUT2D eigenvalue weighted by atomic mass is 35.5. The maximum absolute atomic E-state index is 11.9. The Morgan fingerprint density at radius 3 is 2.28 bits per heavy atom. The van der Waals surface area contributed by atoms with Crippen LogP contribution < -0.4 is 5.32 Å². The first kappa shape index (κ1) is 17.7. The van der Waals surface area contributed by atoms with Crippen LogP contribution in [0.1, 0.15) is 46.5 Å². The first-order valence-corrected chi connectivity index (χ1v) is 6.87. The van der Waals surface area contributed by atoms with Gasteiger partial charge < -0.3 is 10.2 Å². The summed E-state index contributed by atoms with van der Waals surface area (Å²) < 4.78 is 0. The molecule has 1 fully saturated rings. The lowest BCUT2D eigenvalue weighted by molar-refractivity contribution is -0.133. The molecule has 0 aromatic carbocycles. The number of amides is 1. The lowest BCUT2D eigenvalue weighted by Crippen LogP contribution is -2.41. The minimum Gasteiger partial charge on any atom is -0.343 e. The predicted octanol–water partition coefficient (Wildman–Crippen LogP) is 2.69. The molecular weight excluding hydrogens is 248 g/mol. The SMILES string of the molecule is CNCCCC(=O)N1CCC(C(C)(C)C)CC1.Cl. The Labute approximate surface area is 118 Å². The summed E-state index contributed by atoms with van der Waals surface area (Å²) in [7, 11) is 1.93. The molecule has 0 aliphatic carbocycles. The summed E-state index contributed by atoms with van der Waals surface area (Å²) in [5, 5.41) is 3.08.